The van der Waals surface area contributed by atoms with Gasteiger partial charge in [0.05, 0.1) is 13.0 Å². The van der Waals surface area contributed by atoms with Crippen LogP contribution in [-0.4, -0.2) is 17.7 Å². The Bertz CT molecular complexity index is 414. The quantitative estimate of drug-likeness (QED) is 0.641. The summed E-state index contributed by atoms with van der Waals surface area (Å²) in [5, 5.41) is 9.28. The lowest BCUT2D eigenvalue weighted by molar-refractivity contribution is -0.143. The zero-order valence-corrected chi connectivity index (χ0v) is 11.1. The number of carbonyl (C=O) groups excluding carboxylic acids is 1. The molecule has 0 heterocycles. The standard InChI is InChI=1S/C15H20O3/c1-4-18-15(17)10-13(9-11(2)3)12-5-7-14(16)8-6-12/h5-9,13,16H,4,10H2,1-3H3. The predicted octanol–water partition coefficient (Wildman–Crippen LogP) is 3.40. The van der Waals surface area contributed by atoms with Crippen molar-refractivity contribution >= 4 is 5.97 Å². The smallest absolute Gasteiger partial charge is 0.306 e. The van der Waals surface area contributed by atoms with E-state index in [9.17, 15) is 9.90 Å². The van der Waals surface area contributed by atoms with Crippen LogP contribution in [0.3, 0.4) is 0 Å². The fourth-order valence-electron chi connectivity index (χ4n) is 1.80. The number of ether oxygens (including phenoxy) is 1. The number of hydrogen-bond acceptors (Lipinski definition) is 3. The second kappa shape index (κ2) is 6.84. The minimum absolute atomic E-state index is 0.00495. The van der Waals surface area contributed by atoms with Crippen LogP contribution in [0.1, 0.15) is 38.7 Å². The first-order valence-electron chi connectivity index (χ1n) is 6.12. The van der Waals surface area contributed by atoms with Gasteiger partial charge in [0.2, 0.25) is 0 Å². The molecule has 1 atom stereocenters. The van der Waals surface area contributed by atoms with Gasteiger partial charge in [-0.3, -0.25) is 4.79 Å². The van der Waals surface area contributed by atoms with E-state index in [0.29, 0.717) is 13.0 Å². The van der Waals surface area contributed by atoms with Crippen molar-refractivity contribution in [3.05, 3.63) is 41.5 Å². The molecule has 0 bridgehead atoms. The maximum absolute atomic E-state index is 11.6. The van der Waals surface area contributed by atoms with E-state index in [0.717, 1.165) is 11.1 Å². The normalized spacial score (nSPS) is 11.7. The van der Waals surface area contributed by atoms with Crippen molar-refractivity contribution in [2.75, 3.05) is 6.61 Å². The summed E-state index contributed by atoms with van der Waals surface area (Å²) in [6, 6.07) is 6.93. The maximum atomic E-state index is 11.6. The van der Waals surface area contributed by atoms with Crippen LogP contribution in [0.25, 0.3) is 0 Å². The third kappa shape index (κ3) is 4.62. The molecule has 1 rings (SSSR count). The Morgan fingerprint density at radius 1 is 1.33 bits per heavy atom. The number of hydrogen-bond donors (Lipinski definition) is 1. The van der Waals surface area contributed by atoms with Crippen molar-refractivity contribution in [2.24, 2.45) is 0 Å². The molecule has 0 saturated carbocycles. The molecule has 1 aromatic carbocycles. The van der Waals surface area contributed by atoms with E-state index in [1.807, 2.05) is 32.1 Å². The molecule has 3 heteroatoms. The van der Waals surface area contributed by atoms with E-state index in [1.165, 1.54) is 0 Å². The number of rotatable bonds is 5. The molecule has 0 radical (unpaired) electrons. The number of phenols is 1. The van der Waals surface area contributed by atoms with Crippen LogP contribution < -0.4 is 0 Å². The molecule has 0 fully saturated rings. The molecule has 1 N–H and O–H groups in total. The van der Waals surface area contributed by atoms with Crippen LogP contribution in [0, 0.1) is 0 Å². The lowest BCUT2D eigenvalue weighted by Crippen LogP contribution is -2.09. The average Bonchev–Trinajstić information content (AvgIpc) is 2.28. The average molecular weight is 248 g/mol. The summed E-state index contributed by atoms with van der Waals surface area (Å²) in [5.74, 6) is 0.0218. The van der Waals surface area contributed by atoms with Gasteiger partial charge in [-0.05, 0) is 38.5 Å². The van der Waals surface area contributed by atoms with Crippen LogP contribution in [0.15, 0.2) is 35.9 Å². The SMILES string of the molecule is CCOC(=O)CC(C=C(C)C)c1ccc(O)cc1. The van der Waals surface area contributed by atoms with Crippen molar-refractivity contribution in [3.8, 4) is 5.75 Å². The van der Waals surface area contributed by atoms with Crippen LogP contribution in [0.2, 0.25) is 0 Å². The lowest BCUT2D eigenvalue weighted by Gasteiger charge is -2.13. The highest BCUT2D eigenvalue weighted by molar-refractivity contribution is 5.71. The molecule has 0 amide bonds. The molecule has 0 aromatic heterocycles. The first kappa shape index (κ1) is 14.3. The topological polar surface area (TPSA) is 46.5 Å². The monoisotopic (exact) mass is 248 g/mol. The Hall–Kier alpha value is -1.77. The number of aromatic hydroxyl groups is 1. The summed E-state index contributed by atoms with van der Waals surface area (Å²) in [4.78, 5) is 11.6. The van der Waals surface area contributed by atoms with E-state index in [1.54, 1.807) is 19.1 Å². The fraction of sp³-hybridized carbons (Fsp3) is 0.400. The maximum Gasteiger partial charge on any atom is 0.306 e. The number of allylic oxidation sites excluding steroid dienone is 2. The zero-order chi connectivity index (χ0) is 13.5. The van der Waals surface area contributed by atoms with E-state index >= 15 is 0 Å². The third-order valence-corrected chi connectivity index (χ3v) is 2.55. The Balaban J connectivity index is 2.88. The van der Waals surface area contributed by atoms with E-state index in [4.69, 9.17) is 4.74 Å². The van der Waals surface area contributed by atoms with Gasteiger partial charge in [-0.2, -0.15) is 0 Å². The largest absolute Gasteiger partial charge is 0.508 e. The molecule has 0 aliphatic rings. The van der Waals surface area contributed by atoms with Crippen LogP contribution >= 0.6 is 0 Å². The Labute approximate surface area is 108 Å². The van der Waals surface area contributed by atoms with Gasteiger partial charge in [0.1, 0.15) is 5.75 Å². The van der Waals surface area contributed by atoms with Gasteiger partial charge in [-0.1, -0.05) is 23.8 Å². The van der Waals surface area contributed by atoms with Gasteiger partial charge in [-0.15, -0.1) is 0 Å². The van der Waals surface area contributed by atoms with Crippen molar-refractivity contribution in [1.82, 2.24) is 0 Å². The van der Waals surface area contributed by atoms with Crippen LogP contribution in [-0.2, 0) is 9.53 Å². The molecule has 0 aliphatic heterocycles. The van der Waals surface area contributed by atoms with Gasteiger partial charge >= 0.3 is 5.97 Å². The Morgan fingerprint density at radius 2 is 1.94 bits per heavy atom. The summed E-state index contributed by atoms with van der Waals surface area (Å²) in [5.41, 5.74) is 2.15. The molecular weight excluding hydrogens is 228 g/mol. The number of carbonyl (C=O) groups is 1. The summed E-state index contributed by atoms with van der Waals surface area (Å²) in [6.45, 7) is 6.20. The van der Waals surface area contributed by atoms with Gasteiger partial charge in [-0.25, -0.2) is 0 Å². The van der Waals surface area contributed by atoms with Gasteiger partial charge in [0.15, 0.2) is 0 Å². The fourth-order valence-corrected chi connectivity index (χ4v) is 1.80. The summed E-state index contributed by atoms with van der Waals surface area (Å²) in [6.07, 6.45) is 2.37. The zero-order valence-electron chi connectivity index (χ0n) is 11.1. The Morgan fingerprint density at radius 3 is 2.44 bits per heavy atom. The number of esters is 1. The molecular formula is C15H20O3. The van der Waals surface area contributed by atoms with Crippen molar-refractivity contribution in [3.63, 3.8) is 0 Å². The highest BCUT2D eigenvalue weighted by atomic mass is 16.5. The Kier molecular flexibility index (Phi) is 5.43. The first-order valence-corrected chi connectivity index (χ1v) is 6.12. The summed E-state index contributed by atoms with van der Waals surface area (Å²) in [7, 11) is 0. The molecule has 3 nitrogen and oxygen atoms in total. The van der Waals surface area contributed by atoms with Gasteiger partial charge in [0.25, 0.3) is 0 Å². The molecule has 18 heavy (non-hydrogen) atoms. The summed E-state index contributed by atoms with van der Waals surface area (Å²) >= 11 is 0. The molecule has 1 aromatic rings. The third-order valence-electron chi connectivity index (χ3n) is 2.55. The van der Waals surface area contributed by atoms with E-state index < -0.39 is 0 Å². The minimum Gasteiger partial charge on any atom is -0.508 e. The van der Waals surface area contributed by atoms with Crippen molar-refractivity contribution < 1.29 is 14.6 Å². The minimum atomic E-state index is -0.201. The van der Waals surface area contributed by atoms with Gasteiger partial charge in [0, 0.05) is 5.92 Å². The first-order chi connectivity index (χ1) is 8.52. The number of benzene rings is 1. The molecule has 0 aliphatic carbocycles. The van der Waals surface area contributed by atoms with Crippen LogP contribution in [0.4, 0.5) is 0 Å². The van der Waals surface area contributed by atoms with E-state index in [-0.39, 0.29) is 17.6 Å². The van der Waals surface area contributed by atoms with Crippen molar-refractivity contribution in [1.29, 1.82) is 0 Å². The molecule has 0 spiro atoms. The predicted molar refractivity (Wildman–Crippen MR) is 71.5 cm³/mol. The molecule has 98 valence electrons. The molecule has 1 unspecified atom stereocenters. The van der Waals surface area contributed by atoms with Crippen LogP contribution in [0.5, 0.6) is 5.75 Å². The van der Waals surface area contributed by atoms with Gasteiger partial charge < -0.3 is 9.84 Å². The second-order valence-corrected chi connectivity index (χ2v) is 4.45. The highest BCUT2D eigenvalue weighted by Crippen LogP contribution is 2.25. The summed E-state index contributed by atoms with van der Waals surface area (Å²) < 4.78 is 4.98. The molecule has 0 saturated heterocycles. The second-order valence-electron chi connectivity index (χ2n) is 4.45. The highest BCUT2D eigenvalue weighted by Gasteiger charge is 2.14. The van der Waals surface area contributed by atoms with Crippen molar-refractivity contribution in [2.45, 2.75) is 33.1 Å². The van der Waals surface area contributed by atoms with E-state index in [2.05, 4.69) is 0 Å². The number of phenolic OH excluding ortho intramolecular Hbond substituents is 1. The lowest BCUT2D eigenvalue weighted by atomic mass is 9.94.